The zero-order valence-corrected chi connectivity index (χ0v) is 14.7. The molecule has 6 heteroatoms. The van der Waals surface area contributed by atoms with E-state index < -0.39 is 0 Å². The summed E-state index contributed by atoms with van der Waals surface area (Å²) >= 11 is 3.37. The Morgan fingerprint density at radius 1 is 1.04 bits per heavy atom. The number of hydrogen-bond donors (Lipinski definition) is 1. The predicted octanol–water partition coefficient (Wildman–Crippen LogP) is 5.96. The number of rotatable bonds is 3. The summed E-state index contributed by atoms with van der Waals surface area (Å²) in [5, 5.41) is 16.7. The summed E-state index contributed by atoms with van der Waals surface area (Å²) in [5.74, 6) is 0. The van der Waals surface area contributed by atoms with E-state index in [1.807, 2.05) is 29.6 Å². The predicted molar refractivity (Wildman–Crippen MR) is 104 cm³/mol. The number of thiophene rings is 1. The number of hydrogen-bond acceptors (Lipinski definition) is 5. The van der Waals surface area contributed by atoms with Crippen molar-refractivity contribution in [1.82, 2.24) is 0 Å². The Labute approximate surface area is 153 Å². The fourth-order valence-electron chi connectivity index (χ4n) is 2.74. The molecule has 124 valence electrons. The van der Waals surface area contributed by atoms with E-state index in [-0.39, 0.29) is 15.9 Å². The fraction of sp³-hybridized carbons (Fsp3) is 0.0526. The Hall–Kier alpha value is -2.57. The molecular formula is C19H14N2O2S2. The summed E-state index contributed by atoms with van der Waals surface area (Å²) in [6.07, 6.45) is 2.15. The second-order valence-corrected chi connectivity index (χ2v) is 7.70. The highest BCUT2D eigenvalue weighted by atomic mass is 32.2. The molecule has 4 nitrogen and oxygen atoms in total. The third-order valence-electron chi connectivity index (χ3n) is 3.92. The Morgan fingerprint density at radius 2 is 1.92 bits per heavy atom. The standard InChI is InChI=1S/C19H14N2O2S2/c22-21(23)14-6-3-5-13(11-14)19-12-16(17-9-4-10-24-17)20-15-7-1-2-8-18(15)25-19/h1-12,19-20H. The number of para-hydroxylation sites is 1. The molecule has 1 N–H and O–H groups in total. The van der Waals surface area contributed by atoms with E-state index in [0.29, 0.717) is 0 Å². The van der Waals surface area contributed by atoms with Crippen LogP contribution < -0.4 is 5.32 Å². The summed E-state index contributed by atoms with van der Waals surface area (Å²) in [6, 6.07) is 19.1. The van der Waals surface area contributed by atoms with Gasteiger partial charge in [-0.2, -0.15) is 0 Å². The van der Waals surface area contributed by atoms with Gasteiger partial charge in [-0.05, 0) is 35.2 Å². The number of nitrogens with one attached hydrogen (secondary N) is 1. The van der Waals surface area contributed by atoms with Crippen molar-refractivity contribution in [1.29, 1.82) is 0 Å². The molecule has 0 amide bonds. The Bertz CT molecular complexity index is 952. The van der Waals surface area contributed by atoms with Crippen LogP contribution in [0.5, 0.6) is 0 Å². The molecule has 2 aromatic carbocycles. The van der Waals surface area contributed by atoms with Gasteiger partial charge in [0.15, 0.2) is 0 Å². The topological polar surface area (TPSA) is 55.2 Å². The van der Waals surface area contributed by atoms with Crippen molar-refractivity contribution in [2.75, 3.05) is 5.32 Å². The molecule has 0 saturated carbocycles. The van der Waals surface area contributed by atoms with E-state index >= 15 is 0 Å². The molecule has 0 saturated heterocycles. The molecule has 1 aliphatic rings. The van der Waals surface area contributed by atoms with Crippen LogP contribution >= 0.6 is 23.1 Å². The van der Waals surface area contributed by atoms with Crippen molar-refractivity contribution in [3.8, 4) is 0 Å². The Kier molecular flexibility index (Phi) is 4.29. The van der Waals surface area contributed by atoms with Gasteiger partial charge >= 0.3 is 0 Å². The van der Waals surface area contributed by atoms with Crippen LogP contribution in [0.1, 0.15) is 15.7 Å². The maximum atomic E-state index is 11.1. The van der Waals surface area contributed by atoms with Crippen LogP contribution in [0.2, 0.25) is 0 Å². The first-order valence-corrected chi connectivity index (χ1v) is 9.49. The number of benzene rings is 2. The number of anilines is 1. The lowest BCUT2D eigenvalue weighted by Gasteiger charge is -2.12. The van der Waals surface area contributed by atoms with Crippen LogP contribution in [-0.4, -0.2) is 4.92 Å². The van der Waals surface area contributed by atoms with Gasteiger partial charge in [-0.25, -0.2) is 0 Å². The number of non-ortho nitro benzene ring substituents is 1. The highest BCUT2D eigenvalue weighted by molar-refractivity contribution is 7.99. The number of nitro groups is 1. The lowest BCUT2D eigenvalue weighted by Crippen LogP contribution is -1.97. The highest BCUT2D eigenvalue weighted by Gasteiger charge is 2.21. The Balaban J connectivity index is 1.81. The molecule has 25 heavy (non-hydrogen) atoms. The van der Waals surface area contributed by atoms with E-state index in [0.717, 1.165) is 26.7 Å². The quantitative estimate of drug-likeness (QED) is 0.459. The van der Waals surface area contributed by atoms with Gasteiger partial charge in [0.05, 0.1) is 26.4 Å². The number of nitro benzene ring substituents is 1. The van der Waals surface area contributed by atoms with E-state index in [4.69, 9.17) is 0 Å². The van der Waals surface area contributed by atoms with Crippen molar-refractivity contribution in [3.05, 3.63) is 92.7 Å². The molecule has 4 rings (SSSR count). The van der Waals surface area contributed by atoms with Crippen molar-refractivity contribution in [2.24, 2.45) is 0 Å². The molecule has 2 heterocycles. The molecule has 0 spiro atoms. The summed E-state index contributed by atoms with van der Waals surface area (Å²) < 4.78 is 0. The van der Waals surface area contributed by atoms with Crippen LogP contribution in [0.25, 0.3) is 5.70 Å². The summed E-state index contributed by atoms with van der Waals surface area (Å²) in [5.41, 5.74) is 3.13. The van der Waals surface area contributed by atoms with Gasteiger partial charge in [0.1, 0.15) is 0 Å². The van der Waals surface area contributed by atoms with Gasteiger partial charge in [0, 0.05) is 17.0 Å². The average Bonchev–Trinajstić information content (AvgIpc) is 3.09. The van der Waals surface area contributed by atoms with E-state index in [1.54, 1.807) is 35.2 Å². The first kappa shape index (κ1) is 15.9. The molecular weight excluding hydrogens is 352 g/mol. The monoisotopic (exact) mass is 366 g/mol. The number of fused-ring (bicyclic) bond motifs is 1. The van der Waals surface area contributed by atoms with Crippen molar-refractivity contribution in [2.45, 2.75) is 10.1 Å². The lowest BCUT2D eigenvalue weighted by molar-refractivity contribution is -0.384. The molecule has 3 aromatic rings. The second-order valence-electron chi connectivity index (χ2n) is 5.57. The molecule has 1 aromatic heterocycles. The molecule has 1 atom stereocenters. The average molecular weight is 366 g/mol. The minimum atomic E-state index is -0.346. The summed E-state index contributed by atoms with van der Waals surface area (Å²) in [6.45, 7) is 0. The third-order valence-corrected chi connectivity index (χ3v) is 6.10. The normalized spacial score (nSPS) is 16.3. The molecule has 0 bridgehead atoms. The van der Waals surface area contributed by atoms with Crippen molar-refractivity contribution >= 4 is 40.2 Å². The number of thioether (sulfide) groups is 1. The Morgan fingerprint density at radius 3 is 2.72 bits per heavy atom. The molecule has 0 aliphatic carbocycles. The van der Waals surface area contributed by atoms with E-state index in [2.05, 4.69) is 29.6 Å². The van der Waals surface area contributed by atoms with Crippen molar-refractivity contribution in [3.63, 3.8) is 0 Å². The van der Waals surface area contributed by atoms with E-state index in [9.17, 15) is 10.1 Å². The first-order chi connectivity index (χ1) is 12.2. The van der Waals surface area contributed by atoms with Crippen LogP contribution in [0.15, 0.2) is 77.0 Å². The lowest BCUT2D eigenvalue weighted by atomic mass is 10.1. The van der Waals surface area contributed by atoms with Gasteiger partial charge in [0.25, 0.3) is 5.69 Å². The van der Waals surface area contributed by atoms with Gasteiger partial charge in [-0.1, -0.05) is 30.3 Å². The maximum absolute atomic E-state index is 11.1. The molecule has 1 unspecified atom stereocenters. The largest absolute Gasteiger partial charge is 0.354 e. The maximum Gasteiger partial charge on any atom is 0.269 e. The van der Waals surface area contributed by atoms with Crippen LogP contribution in [0.4, 0.5) is 11.4 Å². The van der Waals surface area contributed by atoms with E-state index in [1.165, 1.54) is 6.07 Å². The van der Waals surface area contributed by atoms with Crippen LogP contribution in [-0.2, 0) is 0 Å². The smallest absolute Gasteiger partial charge is 0.269 e. The van der Waals surface area contributed by atoms with Crippen LogP contribution in [0.3, 0.4) is 0 Å². The van der Waals surface area contributed by atoms with Gasteiger partial charge in [-0.15, -0.1) is 23.1 Å². The first-order valence-electron chi connectivity index (χ1n) is 7.73. The van der Waals surface area contributed by atoms with Gasteiger partial charge < -0.3 is 5.32 Å². The van der Waals surface area contributed by atoms with Gasteiger partial charge in [0.2, 0.25) is 0 Å². The fourth-order valence-corrected chi connectivity index (χ4v) is 4.61. The zero-order chi connectivity index (χ0) is 17.2. The zero-order valence-electron chi connectivity index (χ0n) is 13.1. The SMILES string of the molecule is O=[N+]([O-])c1cccc(C2C=C(c3cccs3)Nc3ccccc3S2)c1. The molecule has 1 aliphatic heterocycles. The summed E-state index contributed by atoms with van der Waals surface area (Å²) in [4.78, 5) is 13.1. The molecule has 0 radical (unpaired) electrons. The second kappa shape index (κ2) is 6.74. The minimum absolute atomic E-state index is 0.00634. The highest BCUT2D eigenvalue weighted by Crippen LogP contribution is 2.45. The van der Waals surface area contributed by atoms with Gasteiger partial charge in [-0.3, -0.25) is 10.1 Å². The minimum Gasteiger partial charge on any atom is -0.354 e. The van der Waals surface area contributed by atoms with Crippen LogP contribution in [0, 0.1) is 10.1 Å². The number of nitrogens with zero attached hydrogens (tertiary/aromatic N) is 1. The third kappa shape index (κ3) is 3.31. The molecule has 0 fully saturated rings. The summed E-state index contributed by atoms with van der Waals surface area (Å²) in [7, 11) is 0. The van der Waals surface area contributed by atoms with Crippen molar-refractivity contribution < 1.29 is 4.92 Å².